The Labute approximate surface area is 188 Å². The molecule has 5 heterocycles. The molecule has 8 nitrogen and oxygen atoms in total. The molecule has 2 N–H and O–H groups in total. The Kier molecular flexibility index (Phi) is 4.67. The number of rotatable bonds is 4. The van der Waals surface area contributed by atoms with Gasteiger partial charge in [0.25, 0.3) is 0 Å². The lowest BCUT2D eigenvalue weighted by Gasteiger charge is -2.14. The van der Waals surface area contributed by atoms with Crippen LogP contribution in [0.15, 0.2) is 33.5 Å². The van der Waals surface area contributed by atoms with Crippen molar-refractivity contribution in [1.29, 1.82) is 0 Å². The molecule has 0 fully saturated rings. The molecule has 0 spiro atoms. The van der Waals surface area contributed by atoms with Crippen LogP contribution in [0.5, 0.6) is 5.75 Å². The van der Waals surface area contributed by atoms with Crippen molar-refractivity contribution in [2.45, 2.75) is 44.9 Å². The molecule has 4 aromatic rings. The molecule has 0 amide bonds. The summed E-state index contributed by atoms with van der Waals surface area (Å²) in [7, 11) is 0. The summed E-state index contributed by atoms with van der Waals surface area (Å²) in [6.45, 7) is 3.51. The summed E-state index contributed by atoms with van der Waals surface area (Å²) in [6.07, 6.45) is 2.50. The largest absolute Gasteiger partial charge is 0.481 e. The van der Waals surface area contributed by atoms with E-state index in [9.17, 15) is 5.11 Å². The van der Waals surface area contributed by atoms with Crippen molar-refractivity contribution in [1.82, 2.24) is 20.4 Å². The minimum absolute atomic E-state index is 0.287. The third kappa shape index (κ3) is 3.09. The van der Waals surface area contributed by atoms with Crippen molar-refractivity contribution in [2.75, 3.05) is 6.54 Å². The number of aromatic nitrogens is 3. The number of hydrogen-bond donors (Lipinski definition) is 2. The fraction of sp³-hybridized carbons (Fsp3) is 0.348. The van der Waals surface area contributed by atoms with E-state index in [0.717, 1.165) is 47.7 Å². The zero-order valence-corrected chi connectivity index (χ0v) is 18.1. The second-order valence-corrected chi connectivity index (χ2v) is 8.60. The molecule has 6 rings (SSSR count). The fourth-order valence-electron chi connectivity index (χ4n) is 4.49. The van der Waals surface area contributed by atoms with Gasteiger partial charge in [0, 0.05) is 53.7 Å². The molecule has 1 aromatic carbocycles. The molecule has 2 aliphatic rings. The SMILES string of the molecule is CCC(O)c1cc2ncnc(-c3cc(Cl)cc4c3OC(c3onc5c3CNCC5)C4)c2o1. The topological polar surface area (TPSA) is 106 Å². The number of benzene rings is 1. The lowest BCUT2D eigenvalue weighted by atomic mass is 10.0. The van der Waals surface area contributed by atoms with Crippen molar-refractivity contribution in [3.63, 3.8) is 0 Å². The maximum Gasteiger partial charge on any atom is 0.182 e. The number of fused-ring (bicyclic) bond motifs is 3. The summed E-state index contributed by atoms with van der Waals surface area (Å²) in [5.74, 6) is 1.91. The Bertz CT molecular complexity index is 1330. The highest BCUT2D eigenvalue weighted by Crippen LogP contribution is 2.47. The first kappa shape index (κ1) is 19.7. The zero-order chi connectivity index (χ0) is 21.8. The first-order chi connectivity index (χ1) is 15.6. The molecule has 0 saturated heterocycles. The van der Waals surface area contributed by atoms with Gasteiger partial charge in [-0.2, -0.15) is 0 Å². The molecule has 164 valence electrons. The summed E-state index contributed by atoms with van der Waals surface area (Å²) in [5, 5.41) is 18.4. The minimum Gasteiger partial charge on any atom is -0.481 e. The number of hydrogen-bond acceptors (Lipinski definition) is 8. The summed E-state index contributed by atoms with van der Waals surface area (Å²) in [6, 6.07) is 5.48. The number of ether oxygens (including phenoxy) is 1. The predicted octanol–water partition coefficient (Wildman–Crippen LogP) is 4.30. The van der Waals surface area contributed by atoms with Gasteiger partial charge in [0.1, 0.15) is 35.2 Å². The molecule has 32 heavy (non-hydrogen) atoms. The van der Waals surface area contributed by atoms with Crippen LogP contribution in [-0.2, 0) is 19.4 Å². The molecule has 2 aliphatic heterocycles. The minimum atomic E-state index is -0.700. The number of nitrogens with zero attached hydrogens (tertiary/aromatic N) is 3. The van der Waals surface area contributed by atoms with Crippen LogP contribution in [0.2, 0.25) is 5.02 Å². The van der Waals surface area contributed by atoms with Crippen molar-refractivity contribution in [3.05, 3.63) is 57.9 Å². The van der Waals surface area contributed by atoms with E-state index in [1.54, 1.807) is 6.07 Å². The summed E-state index contributed by atoms with van der Waals surface area (Å²) in [5.41, 5.74) is 5.45. The van der Waals surface area contributed by atoms with E-state index >= 15 is 0 Å². The van der Waals surface area contributed by atoms with Gasteiger partial charge in [-0.25, -0.2) is 9.97 Å². The molecular weight excluding hydrogens is 432 g/mol. The lowest BCUT2D eigenvalue weighted by Crippen LogP contribution is -2.24. The van der Waals surface area contributed by atoms with Crippen LogP contribution in [0, 0.1) is 0 Å². The van der Waals surface area contributed by atoms with Gasteiger partial charge < -0.3 is 24.1 Å². The van der Waals surface area contributed by atoms with Gasteiger partial charge in [-0.1, -0.05) is 23.7 Å². The van der Waals surface area contributed by atoms with E-state index in [4.69, 9.17) is 25.3 Å². The normalized spacial score (nSPS) is 18.4. The average molecular weight is 453 g/mol. The van der Waals surface area contributed by atoms with Gasteiger partial charge in [0.2, 0.25) is 0 Å². The van der Waals surface area contributed by atoms with Crippen LogP contribution in [0.3, 0.4) is 0 Å². The van der Waals surface area contributed by atoms with Gasteiger partial charge in [-0.05, 0) is 18.6 Å². The van der Waals surface area contributed by atoms with Crippen LogP contribution >= 0.6 is 11.6 Å². The Morgan fingerprint density at radius 2 is 2.19 bits per heavy atom. The van der Waals surface area contributed by atoms with E-state index in [0.29, 0.717) is 46.2 Å². The molecule has 0 radical (unpaired) electrons. The summed E-state index contributed by atoms with van der Waals surface area (Å²) >= 11 is 6.48. The maximum absolute atomic E-state index is 10.2. The third-order valence-electron chi connectivity index (χ3n) is 6.13. The van der Waals surface area contributed by atoms with Gasteiger partial charge in [-0.15, -0.1) is 0 Å². The Balaban J connectivity index is 1.44. The Morgan fingerprint density at radius 3 is 3.06 bits per heavy atom. The number of aliphatic hydroxyl groups excluding tert-OH is 1. The molecule has 9 heteroatoms. The van der Waals surface area contributed by atoms with Gasteiger partial charge in [0.05, 0.1) is 5.69 Å². The monoisotopic (exact) mass is 452 g/mol. The number of nitrogens with one attached hydrogen (secondary N) is 1. The second kappa shape index (κ2) is 7.58. The fourth-order valence-corrected chi connectivity index (χ4v) is 4.73. The van der Waals surface area contributed by atoms with Crippen LogP contribution < -0.4 is 10.1 Å². The quantitative estimate of drug-likeness (QED) is 0.472. The number of furan rings is 1. The highest BCUT2D eigenvalue weighted by molar-refractivity contribution is 6.31. The van der Waals surface area contributed by atoms with Crippen LogP contribution in [0.1, 0.15) is 53.9 Å². The molecule has 0 bridgehead atoms. The maximum atomic E-state index is 10.2. The highest BCUT2D eigenvalue weighted by atomic mass is 35.5. The Hall–Kier alpha value is -2.94. The molecule has 3 aromatic heterocycles. The third-order valence-corrected chi connectivity index (χ3v) is 6.35. The van der Waals surface area contributed by atoms with Crippen molar-refractivity contribution >= 4 is 22.7 Å². The standard InChI is InChI=1S/C23H21ClN4O4/c1-2-17(29)18-8-16-23(30-18)20(27-10-26-16)13-7-12(24)5-11-6-19(31-21(11)13)22-14-9-25-4-3-15(14)28-32-22/h5,7-8,10,17,19,25,29H,2-4,6,9H2,1H3. The zero-order valence-electron chi connectivity index (χ0n) is 17.4. The molecular formula is C23H21ClN4O4. The number of halogens is 1. The Morgan fingerprint density at radius 1 is 1.28 bits per heavy atom. The number of aliphatic hydroxyl groups is 1. The average Bonchev–Trinajstić information content (AvgIpc) is 3.53. The second-order valence-electron chi connectivity index (χ2n) is 8.16. The lowest BCUT2D eigenvalue weighted by molar-refractivity contribution is 0.148. The summed E-state index contributed by atoms with van der Waals surface area (Å²) in [4.78, 5) is 8.79. The predicted molar refractivity (Wildman–Crippen MR) is 116 cm³/mol. The molecule has 2 unspecified atom stereocenters. The first-order valence-electron chi connectivity index (χ1n) is 10.7. The van der Waals surface area contributed by atoms with Crippen LogP contribution in [-0.4, -0.2) is 26.8 Å². The van der Waals surface area contributed by atoms with Crippen LogP contribution in [0.4, 0.5) is 0 Å². The van der Waals surface area contributed by atoms with Gasteiger partial charge >= 0.3 is 0 Å². The highest BCUT2D eigenvalue weighted by Gasteiger charge is 2.35. The van der Waals surface area contributed by atoms with Crippen molar-refractivity contribution < 1.29 is 18.8 Å². The van der Waals surface area contributed by atoms with Crippen molar-refractivity contribution in [3.8, 4) is 17.0 Å². The van der Waals surface area contributed by atoms with E-state index in [2.05, 4.69) is 20.4 Å². The van der Waals surface area contributed by atoms with E-state index in [-0.39, 0.29) is 6.10 Å². The summed E-state index contributed by atoms with van der Waals surface area (Å²) < 4.78 is 18.1. The van der Waals surface area contributed by atoms with E-state index in [1.165, 1.54) is 6.33 Å². The smallest absolute Gasteiger partial charge is 0.182 e. The van der Waals surface area contributed by atoms with Crippen LogP contribution in [0.25, 0.3) is 22.4 Å². The van der Waals surface area contributed by atoms with E-state index < -0.39 is 6.10 Å². The van der Waals surface area contributed by atoms with Gasteiger partial charge in [0.15, 0.2) is 17.4 Å². The molecule has 0 aliphatic carbocycles. The van der Waals surface area contributed by atoms with Gasteiger partial charge in [-0.3, -0.25) is 0 Å². The first-order valence-corrected chi connectivity index (χ1v) is 11.1. The van der Waals surface area contributed by atoms with E-state index in [1.807, 2.05) is 19.1 Å². The molecule has 2 atom stereocenters. The molecule has 0 saturated carbocycles. The van der Waals surface area contributed by atoms with Crippen molar-refractivity contribution in [2.24, 2.45) is 0 Å².